The molecule has 2 atom stereocenters. The summed E-state index contributed by atoms with van der Waals surface area (Å²) in [7, 11) is 0. The second-order valence-corrected chi connectivity index (χ2v) is 4.65. The Balaban J connectivity index is 4.42. The SMILES string of the molecule is CC[C@H](NC(=O)[C@H](N)C(C)(C)C)C(=O)O. The summed E-state index contributed by atoms with van der Waals surface area (Å²) < 4.78 is 0. The fourth-order valence-corrected chi connectivity index (χ4v) is 0.993. The van der Waals surface area contributed by atoms with Crippen molar-refractivity contribution in [1.29, 1.82) is 0 Å². The van der Waals surface area contributed by atoms with E-state index in [0.29, 0.717) is 6.42 Å². The maximum Gasteiger partial charge on any atom is 0.326 e. The number of rotatable bonds is 4. The summed E-state index contributed by atoms with van der Waals surface area (Å²) in [6.07, 6.45) is 0.345. The Labute approximate surface area is 90.0 Å². The van der Waals surface area contributed by atoms with E-state index in [2.05, 4.69) is 5.32 Å². The summed E-state index contributed by atoms with van der Waals surface area (Å²) in [6.45, 7) is 7.19. The molecule has 0 saturated heterocycles. The Hall–Kier alpha value is -1.10. The molecule has 0 radical (unpaired) electrons. The molecule has 88 valence electrons. The van der Waals surface area contributed by atoms with E-state index < -0.39 is 24.0 Å². The first-order valence-corrected chi connectivity index (χ1v) is 4.99. The predicted octanol–water partition coefficient (Wildman–Crippen LogP) is 0.339. The Kier molecular flexibility index (Phi) is 4.74. The molecule has 15 heavy (non-hydrogen) atoms. The van der Waals surface area contributed by atoms with Gasteiger partial charge in [0.2, 0.25) is 5.91 Å². The van der Waals surface area contributed by atoms with Crippen molar-refractivity contribution in [3.05, 3.63) is 0 Å². The van der Waals surface area contributed by atoms with E-state index in [1.165, 1.54) is 0 Å². The largest absolute Gasteiger partial charge is 0.480 e. The zero-order chi connectivity index (χ0) is 12.2. The number of carboxylic acids is 1. The first-order chi connectivity index (χ1) is 6.70. The van der Waals surface area contributed by atoms with Crippen LogP contribution in [0.5, 0.6) is 0 Å². The number of carbonyl (C=O) groups excluding carboxylic acids is 1. The number of nitrogens with two attached hydrogens (primary N) is 1. The highest BCUT2D eigenvalue weighted by Crippen LogP contribution is 2.17. The molecule has 0 aliphatic rings. The first kappa shape index (κ1) is 13.9. The van der Waals surface area contributed by atoms with Crippen LogP contribution in [0.1, 0.15) is 34.1 Å². The van der Waals surface area contributed by atoms with Crippen molar-refractivity contribution in [1.82, 2.24) is 5.32 Å². The van der Waals surface area contributed by atoms with Gasteiger partial charge < -0.3 is 16.2 Å². The van der Waals surface area contributed by atoms with Gasteiger partial charge in [-0.1, -0.05) is 27.7 Å². The van der Waals surface area contributed by atoms with Gasteiger partial charge >= 0.3 is 5.97 Å². The lowest BCUT2D eigenvalue weighted by Gasteiger charge is -2.27. The molecule has 0 heterocycles. The molecule has 1 amide bonds. The number of carbonyl (C=O) groups is 2. The molecule has 0 unspecified atom stereocenters. The molecule has 0 rings (SSSR count). The highest BCUT2D eigenvalue weighted by Gasteiger charge is 2.29. The molecule has 0 bridgehead atoms. The number of carboxylic acid groups (broad SMARTS) is 1. The van der Waals surface area contributed by atoms with E-state index in [0.717, 1.165) is 0 Å². The van der Waals surface area contributed by atoms with Gasteiger partial charge in [-0.05, 0) is 11.8 Å². The van der Waals surface area contributed by atoms with Gasteiger partial charge in [-0.2, -0.15) is 0 Å². The number of amides is 1. The van der Waals surface area contributed by atoms with Crippen LogP contribution in [0.25, 0.3) is 0 Å². The standard InChI is InChI=1S/C10H20N2O3/c1-5-6(9(14)15)12-8(13)7(11)10(2,3)4/h6-7H,5,11H2,1-4H3,(H,12,13)(H,14,15)/t6-,7-/m0/s1. The minimum atomic E-state index is -1.04. The molecule has 5 heteroatoms. The second-order valence-electron chi connectivity index (χ2n) is 4.65. The molecule has 0 saturated carbocycles. The molecule has 0 aliphatic heterocycles. The van der Waals surface area contributed by atoms with Gasteiger partial charge in [0.05, 0.1) is 6.04 Å². The van der Waals surface area contributed by atoms with E-state index in [-0.39, 0.29) is 5.41 Å². The Morgan fingerprint density at radius 1 is 1.40 bits per heavy atom. The quantitative estimate of drug-likeness (QED) is 0.631. The van der Waals surface area contributed by atoms with Crippen LogP contribution < -0.4 is 11.1 Å². The zero-order valence-electron chi connectivity index (χ0n) is 9.70. The van der Waals surface area contributed by atoms with Gasteiger partial charge in [0.15, 0.2) is 0 Å². The fraction of sp³-hybridized carbons (Fsp3) is 0.800. The monoisotopic (exact) mass is 216 g/mol. The summed E-state index contributed by atoms with van der Waals surface area (Å²) in [5.74, 6) is -1.45. The highest BCUT2D eigenvalue weighted by atomic mass is 16.4. The minimum Gasteiger partial charge on any atom is -0.480 e. The topological polar surface area (TPSA) is 92.4 Å². The van der Waals surface area contributed by atoms with Gasteiger partial charge in [-0.15, -0.1) is 0 Å². The van der Waals surface area contributed by atoms with E-state index in [4.69, 9.17) is 10.8 Å². The Morgan fingerprint density at radius 2 is 1.87 bits per heavy atom. The van der Waals surface area contributed by atoms with Gasteiger partial charge in [0.1, 0.15) is 6.04 Å². The number of nitrogens with one attached hydrogen (secondary N) is 1. The Bertz CT molecular complexity index is 246. The number of aliphatic carboxylic acids is 1. The van der Waals surface area contributed by atoms with Gasteiger partial charge in [-0.25, -0.2) is 4.79 Å². The van der Waals surface area contributed by atoms with Crippen LogP contribution in [-0.2, 0) is 9.59 Å². The van der Waals surface area contributed by atoms with Crippen molar-refractivity contribution in [2.75, 3.05) is 0 Å². The molecule has 0 aromatic rings. The van der Waals surface area contributed by atoms with Crippen LogP contribution in [0, 0.1) is 5.41 Å². The first-order valence-electron chi connectivity index (χ1n) is 4.99. The highest BCUT2D eigenvalue weighted by molar-refractivity contribution is 5.87. The summed E-state index contributed by atoms with van der Waals surface area (Å²) in [6, 6.07) is -1.56. The smallest absolute Gasteiger partial charge is 0.326 e. The second kappa shape index (κ2) is 5.11. The van der Waals surface area contributed by atoms with Crippen LogP contribution in [0.3, 0.4) is 0 Å². The van der Waals surface area contributed by atoms with Crippen molar-refractivity contribution in [2.24, 2.45) is 11.1 Å². The molecule has 0 spiro atoms. The predicted molar refractivity (Wildman–Crippen MR) is 57.3 cm³/mol. The lowest BCUT2D eigenvalue weighted by Crippen LogP contribution is -2.53. The summed E-state index contributed by atoms with van der Waals surface area (Å²) >= 11 is 0. The van der Waals surface area contributed by atoms with Crippen LogP contribution in [0.2, 0.25) is 0 Å². The molecular formula is C10H20N2O3. The molecular weight excluding hydrogens is 196 g/mol. The lowest BCUT2D eigenvalue weighted by molar-refractivity contribution is -0.142. The number of hydrogen-bond donors (Lipinski definition) is 3. The van der Waals surface area contributed by atoms with E-state index >= 15 is 0 Å². The van der Waals surface area contributed by atoms with Crippen molar-refractivity contribution in [2.45, 2.75) is 46.2 Å². The maximum atomic E-state index is 11.6. The molecule has 0 aromatic carbocycles. The van der Waals surface area contributed by atoms with Gasteiger partial charge in [0.25, 0.3) is 0 Å². The summed E-state index contributed by atoms with van der Waals surface area (Å²) in [5.41, 5.74) is 5.32. The third kappa shape index (κ3) is 4.29. The lowest BCUT2D eigenvalue weighted by atomic mass is 9.87. The van der Waals surface area contributed by atoms with E-state index in [9.17, 15) is 9.59 Å². The normalized spacial score (nSPS) is 15.5. The zero-order valence-corrected chi connectivity index (χ0v) is 9.70. The van der Waals surface area contributed by atoms with Crippen LogP contribution in [0.4, 0.5) is 0 Å². The van der Waals surface area contributed by atoms with Crippen molar-refractivity contribution >= 4 is 11.9 Å². The third-order valence-corrected chi connectivity index (χ3v) is 2.24. The summed E-state index contributed by atoms with van der Waals surface area (Å²) in [5, 5.41) is 11.2. The molecule has 4 N–H and O–H groups in total. The molecule has 0 aromatic heterocycles. The van der Waals surface area contributed by atoms with Crippen LogP contribution >= 0.6 is 0 Å². The third-order valence-electron chi connectivity index (χ3n) is 2.24. The molecule has 5 nitrogen and oxygen atoms in total. The van der Waals surface area contributed by atoms with Crippen LogP contribution in [0.15, 0.2) is 0 Å². The maximum absolute atomic E-state index is 11.6. The average Bonchev–Trinajstić information content (AvgIpc) is 2.10. The van der Waals surface area contributed by atoms with Crippen molar-refractivity contribution in [3.63, 3.8) is 0 Å². The van der Waals surface area contributed by atoms with Gasteiger partial charge in [0, 0.05) is 0 Å². The summed E-state index contributed by atoms with van der Waals surface area (Å²) in [4.78, 5) is 22.2. The minimum absolute atomic E-state index is 0.345. The number of hydrogen-bond acceptors (Lipinski definition) is 3. The van der Waals surface area contributed by atoms with Crippen molar-refractivity contribution in [3.8, 4) is 0 Å². The fourth-order valence-electron chi connectivity index (χ4n) is 0.993. The molecule has 0 aliphatic carbocycles. The van der Waals surface area contributed by atoms with E-state index in [1.807, 2.05) is 20.8 Å². The molecule has 0 fully saturated rings. The van der Waals surface area contributed by atoms with Gasteiger partial charge in [-0.3, -0.25) is 4.79 Å². The average molecular weight is 216 g/mol. The van der Waals surface area contributed by atoms with E-state index in [1.54, 1.807) is 6.92 Å². The Morgan fingerprint density at radius 3 is 2.13 bits per heavy atom. The van der Waals surface area contributed by atoms with Crippen molar-refractivity contribution < 1.29 is 14.7 Å². The van der Waals surface area contributed by atoms with Crippen LogP contribution in [-0.4, -0.2) is 29.1 Å².